The summed E-state index contributed by atoms with van der Waals surface area (Å²) < 4.78 is 6.38. The van der Waals surface area contributed by atoms with Crippen LogP contribution in [-0.2, 0) is 16.2 Å². The quantitative estimate of drug-likeness (QED) is 0.374. The number of para-hydroxylation sites is 1. The van der Waals surface area contributed by atoms with Gasteiger partial charge in [-0.25, -0.2) is 0 Å². The molecule has 3 unspecified atom stereocenters. The Kier molecular flexibility index (Phi) is 7.36. The van der Waals surface area contributed by atoms with Gasteiger partial charge in [0.25, 0.3) is 5.91 Å². The van der Waals surface area contributed by atoms with Crippen molar-refractivity contribution in [3.8, 4) is 5.75 Å². The average molecular weight is 576 g/mol. The van der Waals surface area contributed by atoms with Crippen molar-refractivity contribution in [1.29, 1.82) is 0 Å². The maximum absolute atomic E-state index is 14.6. The Morgan fingerprint density at radius 3 is 2.33 bits per heavy atom. The minimum atomic E-state index is -0.793. The van der Waals surface area contributed by atoms with Gasteiger partial charge in [-0.2, -0.15) is 0 Å². The number of allylic oxidation sites excluding steroid dienone is 1. The lowest BCUT2D eigenvalue weighted by molar-refractivity contribution is -0.124. The molecule has 1 fully saturated rings. The van der Waals surface area contributed by atoms with Crippen LogP contribution < -0.4 is 10.1 Å². The van der Waals surface area contributed by atoms with Gasteiger partial charge in [0, 0.05) is 52.8 Å². The summed E-state index contributed by atoms with van der Waals surface area (Å²) >= 11 is 0. The van der Waals surface area contributed by atoms with Gasteiger partial charge in [-0.05, 0) is 47.4 Å². The number of aromatic nitrogens is 1. The molecule has 2 heterocycles. The second-order valence-electron chi connectivity index (χ2n) is 13.4. The summed E-state index contributed by atoms with van der Waals surface area (Å²) in [6, 6.07) is 20.1. The number of nitrogens with zero attached hydrogens (tertiary/aromatic N) is 2. The molecule has 7 nitrogen and oxygen atoms in total. The normalized spacial score (nSPS) is 24.0. The number of nitrogens with one attached hydrogen (secondary N) is 1. The zero-order valence-electron chi connectivity index (χ0n) is 25.1. The molecule has 3 aliphatic rings. The van der Waals surface area contributed by atoms with Crippen molar-refractivity contribution in [2.24, 2.45) is 21.7 Å². The van der Waals surface area contributed by atoms with Crippen molar-refractivity contribution in [3.63, 3.8) is 0 Å². The van der Waals surface area contributed by atoms with Gasteiger partial charge in [0.15, 0.2) is 5.78 Å². The first-order valence-electron chi connectivity index (χ1n) is 14.9. The fourth-order valence-corrected chi connectivity index (χ4v) is 6.89. The van der Waals surface area contributed by atoms with Crippen molar-refractivity contribution < 1.29 is 19.1 Å². The molecule has 1 aliphatic heterocycles. The van der Waals surface area contributed by atoms with E-state index in [9.17, 15) is 14.4 Å². The van der Waals surface area contributed by atoms with Gasteiger partial charge in [0.1, 0.15) is 18.1 Å². The van der Waals surface area contributed by atoms with E-state index in [0.29, 0.717) is 48.5 Å². The third kappa shape index (κ3) is 5.56. The number of rotatable bonds is 6. The third-order valence-electron chi connectivity index (χ3n) is 8.89. The van der Waals surface area contributed by atoms with Gasteiger partial charge in [-0.1, -0.05) is 76.2 Å². The Balaban J connectivity index is 1.44. The molecule has 0 saturated heterocycles. The van der Waals surface area contributed by atoms with Crippen molar-refractivity contribution >= 4 is 23.2 Å². The van der Waals surface area contributed by atoms with E-state index in [1.165, 1.54) is 0 Å². The second-order valence-corrected chi connectivity index (χ2v) is 13.4. The minimum Gasteiger partial charge on any atom is -0.489 e. The lowest BCUT2D eigenvalue weighted by atomic mass is 9.59. The van der Waals surface area contributed by atoms with Gasteiger partial charge < -0.3 is 10.1 Å². The van der Waals surface area contributed by atoms with Crippen LogP contribution in [0.5, 0.6) is 5.75 Å². The van der Waals surface area contributed by atoms with Crippen molar-refractivity contribution in [3.05, 3.63) is 107 Å². The summed E-state index contributed by atoms with van der Waals surface area (Å²) in [4.78, 5) is 50.9. The van der Waals surface area contributed by atoms with Crippen LogP contribution in [-0.4, -0.2) is 34.2 Å². The van der Waals surface area contributed by atoms with Crippen molar-refractivity contribution in [2.75, 3.05) is 0 Å². The zero-order valence-corrected chi connectivity index (χ0v) is 25.1. The highest BCUT2D eigenvalue weighted by atomic mass is 16.5. The Morgan fingerprint density at radius 2 is 1.58 bits per heavy atom. The van der Waals surface area contributed by atoms with Gasteiger partial charge in [-0.15, -0.1) is 0 Å². The molecule has 7 heteroatoms. The highest BCUT2D eigenvalue weighted by Crippen LogP contribution is 2.53. The molecule has 43 heavy (non-hydrogen) atoms. The van der Waals surface area contributed by atoms with Crippen LogP contribution in [0.25, 0.3) is 0 Å². The van der Waals surface area contributed by atoms with Gasteiger partial charge in [0.2, 0.25) is 0 Å². The van der Waals surface area contributed by atoms with Crippen LogP contribution in [0.3, 0.4) is 0 Å². The largest absolute Gasteiger partial charge is 0.489 e. The Hall–Kier alpha value is -4.39. The molecule has 2 aromatic carbocycles. The fraction of sp³-hybridized carbons (Fsp3) is 0.361. The van der Waals surface area contributed by atoms with Crippen LogP contribution in [0.1, 0.15) is 74.4 Å². The van der Waals surface area contributed by atoms with E-state index < -0.39 is 23.3 Å². The molecule has 0 spiro atoms. The number of hydrogen-bond acceptors (Lipinski definition) is 6. The number of fused-ring (bicyclic) bond motifs is 1. The topological polar surface area (TPSA) is 97.7 Å². The summed E-state index contributed by atoms with van der Waals surface area (Å²) in [7, 11) is 0. The molecule has 220 valence electrons. The van der Waals surface area contributed by atoms with E-state index >= 15 is 0 Å². The smallest absolute Gasteiger partial charge is 0.252 e. The molecule has 6 rings (SSSR count). The highest BCUT2D eigenvalue weighted by Gasteiger charge is 2.53. The lowest BCUT2D eigenvalue weighted by Gasteiger charge is -2.46. The second kappa shape index (κ2) is 11.0. The van der Waals surface area contributed by atoms with E-state index in [1.54, 1.807) is 24.5 Å². The predicted molar refractivity (Wildman–Crippen MR) is 165 cm³/mol. The zero-order chi connectivity index (χ0) is 30.4. The molecule has 2 aliphatic carbocycles. The lowest BCUT2D eigenvalue weighted by Crippen LogP contribution is -2.55. The maximum Gasteiger partial charge on any atom is 0.252 e. The number of amides is 1. The molecule has 0 radical (unpaired) electrons. The Labute approximate surface area is 252 Å². The first kappa shape index (κ1) is 28.7. The first-order chi connectivity index (χ1) is 20.5. The van der Waals surface area contributed by atoms with Crippen LogP contribution >= 0.6 is 0 Å². The number of hydrogen-bond donors (Lipinski definition) is 1. The summed E-state index contributed by atoms with van der Waals surface area (Å²) in [5.41, 5.74) is 3.50. The number of ether oxygens (including phenoxy) is 1. The number of aliphatic imine (C=N–C) groups is 1. The van der Waals surface area contributed by atoms with Crippen molar-refractivity contribution in [1.82, 2.24) is 10.3 Å². The SMILES string of the molecule is CC1(C)CC(=O)C2C(=NC3=C(C(=O)C(NC(=O)c4ccncc4)C(C)(C)C3)C2c2ccccc2OCc2ccccc2)C1. The van der Waals surface area contributed by atoms with Gasteiger partial charge in [0.05, 0.1) is 12.0 Å². The van der Waals surface area contributed by atoms with E-state index in [2.05, 4.69) is 24.1 Å². The number of benzene rings is 2. The minimum absolute atomic E-state index is 0.0828. The maximum atomic E-state index is 14.6. The van der Waals surface area contributed by atoms with E-state index in [1.807, 2.05) is 68.4 Å². The van der Waals surface area contributed by atoms with Crippen LogP contribution in [0.4, 0.5) is 0 Å². The molecular formula is C36H37N3O4. The molecule has 1 amide bonds. The van der Waals surface area contributed by atoms with E-state index in [0.717, 1.165) is 16.8 Å². The van der Waals surface area contributed by atoms with Gasteiger partial charge >= 0.3 is 0 Å². The molecule has 0 bridgehead atoms. The van der Waals surface area contributed by atoms with E-state index in [-0.39, 0.29) is 22.9 Å². The van der Waals surface area contributed by atoms with E-state index in [4.69, 9.17) is 9.73 Å². The molecule has 1 saturated carbocycles. The number of carbonyl (C=O) groups excluding carboxylic acids is 3. The third-order valence-corrected chi connectivity index (χ3v) is 8.89. The van der Waals surface area contributed by atoms with Gasteiger partial charge in [-0.3, -0.25) is 24.4 Å². The number of Topliss-reactive ketones (excluding diaryl/α,β-unsaturated/α-hetero) is 2. The fourth-order valence-electron chi connectivity index (χ4n) is 6.89. The monoisotopic (exact) mass is 575 g/mol. The summed E-state index contributed by atoms with van der Waals surface area (Å²) in [6.07, 6.45) is 4.69. The Bertz CT molecular complexity index is 1640. The molecule has 1 aromatic heterocycles. The summed E-state index contributed by atoms with van der Waals surface area (Å²) in [5.74, 6) is -0.929. The summed E-state index contributed by atoms with van der Waals surface area (Å²) in [6.45, 7) is 8.52. The van der Waals surface area contributed by atoms with Crippen LogP contribution in [0.2, 0.25) is 0 Å². The number of ketones is 2. The Morgan fingerprint density at radius 1 is 0.884 bits per heavy atom. The average Bonchev–Trinajstić information content (AvgIpc) is 2.97. The molecule has 1 N–H and O–H groups in total. The predicted octanol–water partition coefficient (Wildman–Crippen LogP) is 6.26. The standard InChI is InChI=1S/C36H37N3O4/c1-35(2)18-25-30(27(40)20-35)29(24-12-8-9-13-28(24)43-21-22-10-6-5-7-11-22)31-26(38-25)19-36(3,4)33(32(31)41)39-34(42)23-14-16-37-17-15-23/h5-17,29-30,33H,18-21H2,1-4H3,(H,39,42). The first-order valence-corrected chi connectivity index (χ1v) is 14.9. The molecule has 3 atom stereocenters. The summed E-state index contributed by atoms with van der Waals surface area (Å²) in [5, 5.41) is 3.02. The van der Waals surface area contributed by atoms with Crippen LogP contribution in [0, 0.1) is 16.7 Å². The molecular weight excluding hydrogens is 538 g/mol. The molecule has 3 aromatic rings. The highest BCUT2D eigenvalue weighted by molar-refractivity contribution is 6.15. The number of carbonyl (C=O) groups is 3. The number of pyridine rings is 1. The van der Waals surface area contributed by atoms with Crippen molar-refractivity contribution in [2.45, 2.75) is 65.5 Å². The van der Waals surface area contributed by atoms with Crippen LogP contribution in [0.15, 0.2) is 95.4 Å².